The number of hydrogen-bond acceptors (Lipinski definition) is 4. The second-order valence-electron chi connectivity index (χ2n) is 6.73. The van der Waals surface area contributed by atoms with Crippen molar-refractivity contribution in [2.45, 2.75) is 84.0 Å². The van der Waals surface area contributed by atoms with Gasteiger partial charge in [-0.2, -0.15) is 0 Å². The van der Waals surface area contributed by atoms with E-state index in [1.165, 1.54) is 45.6 Å². The highest BCUT2D eigenvalue weighted by Crippen LogP contribution is 2.30. The first kappa shape index (κ1) is 20.0. The molecule has 23 heavy (non-hydrogen) atoms. The lowest BCUT2D eigenvalue weighted by Gasteiger charge is -2.25. The molecule has 1 aliphatic rings. The lowest BCUT2D eigenvalue weighted by atomic mass is 9.81. The van der Waals surface area contributed by atoms with Crippen molar-refractivity contribution in [1.29, 1.82) is 0 Å². The Morgan fingerprint density at radius 1 is 0.870 bits per heavy atom. The first-order valence-electron chi connectivity index (χ1n) is 9.43. The first-order valence-corrected chi connectivity index (χ1v) is 9.43. The van der Waals surface area contributed by atoms with Crippen LogP contribution in [0.4, 0.5) is 0 Å². The minimum Gasteiger partial charge on any atom is -0.469 e. The van der Waals surface area contributed by atoms with E-state index >= 15 is 0 Å². The lowest BCUT2D eigenvalue weighted by molar-refractivity contribution is -0.153. The number of carbonyl (C=O) groups is 2. The summed E-state index contributed by atoms with van der Waals surface area (Å²) in [6.07, 6.45) is 13.0. The Kier molecular flexibility index (Phi) is 10.8. The number of methoxy groups -OCH3 is 1. The van der Waals surface area contributed by atoms with Gasteiger partial charge in [0.2, 0.25) is 0 Å². The van der Waals surface area contributed by atoms with Gasteiger partial charge in [-0.15, -0.1) is 0 Å². The summed E-state index contributed by atoms with van der Waals surface area (Å²) in [6, 6.07) is 0. The SMILES string of the molecule is CCCCCCCCCCOC(=O)C1CCCC(C(=O)OC)C1. The standard InChI is InChI=1S/C19H34O4/c1-3-4-5-6-7-8-9-10-14-23-19(21)17-13-11-12-16(15-17)18(20)22-2/h16-17H,3-15H2,1-2H3. The molecule has 1 fully saturated rings. The molecule has 1 saturated carbocycles. The molecule has 0 bridgehead atoms. The predicted octanol–water partition coefficient (Wildman–Crippen LogP) is 4.65. The van der Waals surface area contributed by atoms with E-state index < -0.39 is 0 Å². The molecule has 4 nitrogen and oxygen atoms in total. The zero-order chi connectivity index (χ0) is 16.9. The maximum absolute atomic E-state index is 12.1. The normalized spacial score (nSPS) is 21.0. The van der Waals surface area contributed by atoms with Crippen molar-refractivity contribution in [3.05, 3.63) is 0 Å². The molecule has 0 amide bonds. The average Bonchev–Trinajstić information content (AvgIpc) is 2.59. The molecule has 4 heteroatoms. The maximum Gasteiger partial charge on any atom is 0.308 e. The van der Waals surface area contributed by atoms with Crippen LogP contribution in [0.15, 0.2) is 0 Å². The molecule has 1 aliphatic carbocycles. The fraction of sp³-hybridized carbons (Fsp3) is 0.895. The number of unbranched alkanes of at least 4 members (excludes halogenated alkanes) is 7. The van der Waals surface area contributed by atoms with E-state index in [0.717, 1.165) is 32.1 Å². The molecular weight excluding hydrogens is 292 g/mol. The Morgan fingerprint density at radius 3 is 2.04 bits per heavy atom. The fourth-order valence-corrected chi connectivity index (χ4v) is 3.31. The quantitative estimate of drug-likeness (QED) is 0.410. The Labute approximate surface area is 141 Å². The third-order valence-corrected chi connectivity index (χ3v) is 4.78. The molecule has 0 heterocycles. The molecule has 0 aromatic heterocycles. The monoisotopic (exact) mass is 326 g/mol. The van der Waals surface area contributed by atoms with Gasteiger partial charge in [-0.1, -0.05) is 58.3 Å². The van der Waals surface area contributed by atoms with Gasteiger partial charge in [0.05, 0.1) is 25.6 Å². The third kappa shape index (κ3) is 8.38. The zero-order valence-corrected chi connectivity index (χ0v) is 15.0. The Bertz CT molecular complexity index is 340. The summed E-state index contributed by atoms with van der Waals surface area (Å²) in [5.41, 5.74) is 0. The van der Waals surface area contributed by atoms with Gasteiger partial charge in [0, 0.05) is 0 Å². The molecule has 0 aromatic carbocycles. The van der Waals surface area contributed by atoms with E-state index in [1.54, 1.807) is 0 Å². The average molecular weight is 326 g/mol. The molecule has 0 aliphatic heterocycles. The largest absolute Gasteiger partial charge is 0.469 e. The minimum atomic E-state index is -0.189. The van der Waals surface area contributed by atoms with Crippen molar-refractivity contribution in [3.8, 4) is 0 Å². The van der Waals surface area contributed by atoms with E-state index in [2.05, 4.69) is 6.92 Å². The van der Waals surface area contributed by atoms with Crippen LogP contribution in [0.2, 0.25) is 0 Å². The lowest BCUT2D eigenvalue weighted by Crippen LogP contribution is -2.29. The first-order chi connectivity index (χ1) is 11.2. The molecule has 0 spiro atoms. The summed E-state index contributed by atoms with van der Waals surface area (Å²) in [6.45, 7) is 2.75. The van der Waals surface area contributed by atoms with Crippen LogP contribution in [0, 0.1) is 11.8 Å². The number of carbonyl (C=O) groups excluding carboxylic acids is 2. The Hall–Kier alpha value is -1.06. The van der Waals surface area contributed by atoms with Crippen LogP contribution in [0.3, 0.4) is 0 Å². The maximum atomic E-state index is 12.1. The molecule has 0 saturated heterocycles. The summed E-state index contributed by atoms with van der Waals surface area (Å²) in [5, 5.41) is 0. The molecule has 0 N–H and O–H groups in total. The van der Waals surface area contributed by atoms with Crippen LogP contribution in [0.1, 0.15) is 84.0 Å². The van der Waals surface area contributed by atoms with Crippen molar-refractivity contribution in [3.63, 3.8) is 0 Å². The van der Waals surface area contributed by atoms with Crippen LogP contribution in [0.5, 0.6) is 0 Å². The summed E-state index contributed by atoms with van der Waals surface area (Å²) in [4.78, 5) is 23.7. The van der Waals surface area contributed by atoms with Gasteiger partial charge in [-0.3, -0.25) is 9.59 Å². The van der Waals surface area contributed by atoms with E-state index in [4.69, 9.17) is 9.47 Å². The third-order valence-electron chi connectivity index (χ3n) is 4.78. The second-order valence-corrected chi connectivity index (χ2v) is 6.73. The minimum absolute atomic E-state index is 0.123. The Balaban J connectivity index is 2.06. The van der Waals surface area contributed by atoms with Gasteiger partial charge < -0.3 is 9.47 Å². The van der Waals surface area contributed by atoms with Gasteiger partial charge in [-0.25, -0.2) is 0 Å². The Morgan fingerprint density at radius 2 is 1.43 bits per heavy atom. The van der Waals surface area contributed by atoms with Crippen molar-refractivity contribution in [1.82, 2.24) is 0 Å². The van der Waals surface area contributed by atoms with Crippen LogP contribution in [0.25, 0.3) is 0 Å². The van der Waals surface area contributed by atoms with E-state index in [9.17, 15) is 9.59 Å². The summed E-state index contributed by atoms with van der Waals surface area (Å²) in [7, 11) is 1.41. The van der Waals surface area contributed by atoms with Crippen LogP contribution < -0.4 is 0 Å². The van der Waals surface area contributed by atoms with E-state index in [0.29, 0.717) is 13.0 Å². The van der Waals surface area contributed by atoms with Gasteiger partial charge >= 0.3 is 11.9 Å². The van der Waals surface area contributed by atoms with E-state index in [-0.39, 0.29) is 23.8 Å². The highest BCUT2D eigenvalue weighted by molar-refractivity contribution is 5.76. The van der Waals surface area contributed by atoms with Crippen LogP contribution >= 0.6 is 0 Å². The fourth-order valence-electron chi connectivity index (χ4n) is 3.31. The van der Waals surface area contributed by atoms with Gasteiger partial charge in [0.1, 0.15) is 0 Å². The van der Waals surface area contributed by atoms with Crippen molar-refractivity contribution in [2.75, 3.05) is 13.7 Å². The van der Waals surface area contributed by atoms with Crippen LogP contribution in [-0.2, 0) is 19.1 Å². The zero-order valence-electron chi connectivity index (χ0n) is 15.0. The van der Waals surface area contributed by atoms with Gasteiger partial charge in [0.25, 0.3) is 0 Å². The molecular formula is C19H34O4. The summed E-state index contributed by atoms with van der Waals surface area (Å²) < 4.78 is 10.2. The van der Waals surface area contributed by atoms with Gasteiger partial charge in [-0.05, 0) is 25.7 Å². The molecule has 1 rings (SSSR count). The van der Waals surface area contributed by atoms with Crippen LogP contribution in [-0.4, -0.2) is 25.7 Å². The number of rotatable bonds is 11. The van der Waals surface area contributed by atoms with Gasteiger partial charge in [0.15, 0.2) is 0 Å². The topological polar surface area (TPSA) is 52.6 Å². The van der Waals surface area contributed by atoms with Crippen molar-refractivity contribution in [2.24, 2.45) is 11.8 Å². The molecule has 2 atom stereocenters. The van der Waals surface area contributed by atoms with Crippen molar-refractivity contribution >= 4 is 11.9 Å². The summed E-state index contributed by atoms with van der Waals surface area (Å²) >= 11 is 0. The molecule has 2 unspecified atom stereocenters. The molecule has 0 aromatic rings. The number of hydrogen-bond donors (Lipinski definition) is 0. The molecule has 134 valence electrons. The predicted molar refractivity (Wildman–Crippen MR) is 91.0 cm³/mol. The summed E-state index contributed by atoms with van der Waals surface area (Å²) in [5.74, 6) is -0.566. The highest BCUT2D eigenvalue weighted by atomic mass is 16.5. The number of ether oxygens (including phenoxy) is 2. The second kappa shape index (κ2) is 12.4. The number of esters is 2. The molecule has 0 radical (unpaired) electrons. The van der Waals surface area contributed by atoms with E-state index in [1.807, 2.05) is 0 Å². The highest BCUT2D eigenvalue weighted by Gasteiger charge is 2.32. The van der Waals surface area contributed by atoms with Crippen molar-refractivity contribution < 1.29 is 19.1 Å². The smallest absolute Gasteiger partial charge is 0.308 e.